The van der Waals surface area contributed by atoms with Crippen molar-refractivity contribution in [1.82, 2.24) is 0 Å². The average Bonchev–Trinajstić information content (AvgIpc) is 1.91. The molecule has 0 bridgehead atoms. The molecule has 3 nitrogen and oxygen atoms in total. The quantitative estimate of drug-likeness (QED) is 0.461. The lowest BCUT2D eigenvalue weighted by Crippen LogP contribution is -2.15. The molecule has 0 heterocycles. The lowest BCUT2D eigenvalue weighted by molar-refractivity contribution is -0.138. The minimum Gasteiger partial charge on any atom is -0.463 e. The van der Waals surface area contributed by atoms with E-state index in [1.165, 1.54) is 0 Å². The Bertz CT molecular complexity index is 141. The summed E-state index contributed by atoms with van der Waals surface area (Å²) in [4.78, 5) is 10.8. The van der Waals surface area contributed by atoms with Crippen LogP contribution in [0.4, 0.5) is 0 Å². The molecule has 0 aliphatic rings. The number of rotatable bonds is 3. The van der Waals surface area contributed by atoms with Gasteiger partial charge in [-0.2, -0.15) is 0 Å². The number of carbonyl (C=O) groups excluding carboxylic acids is 1. The zero-order valence-corrected chi connectivity index (χ0v) is 6.39. The molecule has 0 aromatic heterocycles. The Hall–Kier alpha value is -0.830. The minimum absolute atomic E-state index is 0.245. The maximum absolute atomic E-state index is 10.8. The predicted molar refractivity (Wildman–Crippen MR) is 39.4 cm³/mol. The second kappa shape index (κ2) is 4.99. The van der Waals surface area contributed by atoms with Crippen molar-refractivity contribution in [3.63, 3.8) is 0 Å². The van der Waals surface area contributed by atoms with Gasteiger partial charge in [0.15, 0.2) is 0 Å². The highest BCUT2D eigenvalue weighted by atomic mass is 16.5. The van der Waals surface area contributed by atoms with Crippen molar-refractivity contribution < 1.29 is 9.53 Å². The Morgan fingerprint density at radius 3 is 2.60 bits per heavy atom. The van der Waals surface area contributed by atoms with Gasteiger partial charge in [-0.05, 0) is 13.8 Å². The third-order valence-corrected chi connectivity index (χ3v) is 1.11. The number of nitrogens with two attached hydrogens (primary N) is 1. The molecule has 0 aliphatic carbocycles. The van der Waals surface area contributed by atoms with Crippen LogP contribution in [-0.4, -0.2) is 19.1 Å². The van der Waals surface area contributed by atoms with Crippen LogP contribution in [-0.2, 0) is 9.53 Å². The summed E-state index contributed by atoms with van der Waals surface area (Å²) in [6.45, 7) is 4.17. The second-order valence-electron chi connectivity index (χ2n) is 1.74. The van der Waals surface area contributed by atoms with Crippen LogP contribution < -0.4 is 5.73 Å². The smallest absolute Gasteiger partial charge is 0.334 e. The van der Waals surface area contributed by atoms with Crippen molar-refractivity contribution in [2.24, 2.45) is 5.73 Å². The molecule has 0 rings (SSSR count). The number of esters is 1. The Labute approximate surface area is 60.9 Å². The van der Waals surface area contributed by atoms with Crippen molar-refractivity contribution in [3.05, 3.63) is 11.6 Å². The molecule has 58 valence electrons. The van der Waals surface area contributed by atoms with Gasteiger partial charge in [0.25, 0.3) is 0 Å². The van der Waals surface area contributed by atoms with Crippen LogP contribution in [0, 0.1) is 0 Å². The van der Waals surface area contributed by atoms with Crippen LogP contribution in [0.2, 0.25) is 0 Å². The van der Waals surface area contributed by atoms with Gasteiger partial charge in [0, 0.05) is 12.1 Å². The van der Waals surface area contributed by atoms with Gasteiger partial charge in [0.05, 0.1) is 6.61 Å². The van der Waals surface area contributed by atoms with Crippen molar-refractivity contribution in [3.8, 4) is 0 Å². The van der Waals surface area contributed by atoms with E-state index in [2.05, 4.69) is 0 Å². The summed E-state index contributed by atoms with van der Waals surface area (Å²) in [6.07, 6.45) is 1.66. The third-order valence-electron chi connectivity index (χ3n) is 1.11. The number of ether oxygens (including phenoxy) is 1. The lowest BCUT2D eigenvalue weighted by atomic mass is 10.2. The molecule has 0 aromatic rings. The van der Waals surface area contributed by atoms with Crippen LogP contribution in [0.1, 0.15) is 13.8 Å². The predicted octanol–water partition coefficient (Wildman–Crippen LogP) is 0.454. The topological polar surface area (TPSA) is 52.3 Å². The van der Waals surface area contributed by atoms with Gasteiger partial charge in [0.2, 0.25) is 0 Å². The van der Waals surface area contributed by atoms with E-state index >= 15 is 0 Å². The third kappa shape index (κ3) is 2.64. The summed E-state index contributed by atoms with van der Waals surface area (Å²) in [7, 11) is 0. The molecule has 10 heavy (non-hydrogen) atoms. The monoisotopic (exact) mass is 143 g/mol. The summed E-state index contributed by atoms with van der Waals surface area (Å²) in [6, 6.07) is 0. The molecule has 0 radical (unpaired) electrons. The molecule has 0 fully saturated rings. The first-order valence-corrected chi connectivity index (χ1v) is 3.28. The molecule has 0 saturated carbocycles. The van der Waals surface area contributed by atoms with E-state index < -0.39 is 0 Å². The minimum atomic E-state index is -0.312. The first kappa shape index (κ1) is 9.17. The molecule has 0 amide bonds. The Morgan fingerprint density at radius 2 is 2.30 bits per heavy atom. The fraction of sp³-hybridized carbons (Fsp3) is 0.571. The largest absolute Gasteiger partial charge is 0.463 e. The van der Waals surface area contributed by atoms with E-state index in [1.54, 1.807) is 19.9 Å². The molecule has 0 aliphatic heterocycles. The molecule has 0 spiro atoms. The summed E-state index contributed by atoms with van der Waals surface area (Å²) in [5.41, 5.74) is 5.77. The number of allylic oxidation sites excluding steroid dienone is 1. The van der Waals surface area contributed by atoms with Crippen LogP contribution in [0.3, 0.4) is 0 Å². The zero-order valence-electron chi connectivity index (χ0n) is 6.39. The van der Waals surface area contributed by atoms with Crippen LogP contribution in [0.5, 0.6) is 0 Å². The number of hydrogen-bond donors (Lipinski definition) is 1. The Kier molecular flexibility index (Phi) is 4.58. The van der Waals surface area contributed by atoms with E-state index in [9.17, 15) is 4.79 Å². The molecule has 3 heteroatoms. The highest BCUT2D eigenvalue weighted by Crippen LogP contribution is 1.94. The summed E-state index contributed by atoms with van der Waals surface area (Å²) in [5.74, 6) is -0.312. The van der Waals surface area contributed by atoms with E-state index in [4.69, 9.17) is 10.5 Å². The SMILES string of the molecule is C/C=C(\CN)C(=O)OCC. The van der Waals surface area contributed by atoms with Gasteiger partial charge in [-0.15, -0.1) is 0 Å². The summed E-state index contributed by atoms with van der Waals surface area (Å²) in [5, 5.41) is 0. The van der Waals surface area contributed by atoms with E-state index in [1.807, 2.05) is 0 Å². The summed E-state index contributed by atoms with van der Waals surface area (Å²) >= 11 is 0. The van der Waals surface area contributed by atoms with Gasteiger partial charge in [-0.3, -0.25) is 0 Å². The molecular weight excluding hydrogens is 130 g/mol. The molecule has 0 atom stereocenters. The van der Waals surface area contributed by atoms with Gasteiger partial charge >= 0.3 is 5.97 Å². The van der Waals surface area contributed by atoms with Crippen molar-refractivity contribution in [1.29, 1.82) is 0 Å². The van der Waals surface area contributed by atoms with Crippen molar-refractivity contribution >= 4 is 5.97 Å². The van der Waals surface area contributed by atoms with E-state index in [0.717, 1.165) is 0 Å². The zero-order chi connectivity index (χ0) is 7.98. The molecule has 0 aromatic carbocycles. The Morgan fingerprint density at radius 1 is 1.70 bits per heavy atom. The van der Waals surface area contributed by atoms with Crippen molar-refractivity contribution in [2.75, 3.05) is 13.2 Å². The molecule has 2 N–H and O–H groups in total. The first-order chi connectivity index (χ1) is 4.76. The lowest BCUT2D eigenvalue weighted by Gasteiger charge is -2.01. The van der Waals surface area contributed by atoms with E-state index in [0.29, 0.717) is 12.2 Å². The standard InChI is InChI=1S/C7H13NO2/c1-3-6(5-8)7(9)10-4-2/h3H,4-5,8H2,1-2H3/b6-3+. The molecular formula is C7H13NO2. The molecule has 0 saturated heterocycles. The highest BCUT2D eigenvalue weighted by molar-refractivity contribution is 5.88. The van der Waals surface area contributed by atoms with Gasteiger partial charge < -0.3 is 10.5 Å². The average molecular weight is 143 g/mol. The van der Waals surface area contributed by atoms with Crippen LogP contribution in [0.25, 0.3) is 0 Å². The summed E-state index contributed by atoms with van der Waals surface area (Å²) < 4.78 is 4.70. The fourth-order valence-corrected chi connectivity index (χ4v) is 0.543. The maximum Gasteiger partial charge on any atom is 0.334 e. The maximum atomic E-state index is 10.8. The normalized spacial score (nSPS) is 11.3. The Balaban J connectivity index is 3.91. The van der Waals surface area contributed by atoms with E-state index in [-0.39, 0.29) is 12.5 Å². The van der Waals surface area contributed by atoms with Gasteiger partial charge in [0.1, 0.15) is 0 Å². The fourth-order valence-electron chi connectivity index (χ4n) is 0.543. The first-order valence-electron chi connectivity index (χ1n) is 3.28. The van der Waals surface area contributed by atoms with Gasteiger partial charge in [-0.1, -0.05) is 6.08 Å². The van der Waals surface area contributed by atoms with Crippen LogP contribution in [0.15, 0.2) is 11.6 Å². The number of hydrogen-bond acceptors (Lipinski definition) is 3. The second-order valence-corrected chi connectivity index (χ2v) is 1.74. The van der Waals surface area contributed by atoms with Gasteiger partial charge in [-0.25, -0.2) is 4.79 Å². The number of carbonyl (C=O) groups is 1. The molecule has 0 unspecified atom stereocenters. The highest BCUT2D eigenvalue weighted by Gasteiger charge is 2.05. The van der Waals surface area contributed by atoms with Crippen LogP contribution >= 0.6 is 0 Å². The van der Waals surface area contributed by atoms with Crippen molar-refractivity contribution in [2.45, 2.75) is 13.8 Å².